The summed E-state index contributed by atoms with van der Waals surface area (Å²) in [6.07, 6.45) is 5.72. The first kappa shape index (κ1) is 20.7. The lowest BCUT2D eigenvalue weighted by atomic mass is 9.56. The third-order valence-electron chi connectivity index (χ3n) is 6.66. The van der Waals surface area contributed by atoms with E-state index in [1.54, 1.807) is 4.90 Å². The fourth-order valence-corrected chi connectivity index (χ4v) is 5.82. The zero-order chi connectivity index (χ0) is 20.6. The maximum atomic E-state index is 12.9. The number of rotatable bonds is 2. The number of hydrogen-bond acceptors (Lipinski definition) is 5. The molecule has 158 valence electrons. The van der Waals surface area contributed by atoms with Gasteiger partial charge in [-0.1, -0.05) is 18.2 Å². The van der Waals surface area contributed by atoms with E-state index < -0.39 is 10.0 Å². The van der Waals surface area contributed by atoms with Gasteiger partial charge in [0.1, 0.15) is 13.6 Å². The molecule has 2 atom stereocenters. The van der Waals surface area contributed by atoms with Gasteiger partial charge in [-0.15, -0.1) is 0 Å². The van der Waals surface area contributed by atoms with Crippen LogP contribution in [0.4, 0.5) is 0 Å². The standard InChI is InChI=1S/C20H29BN2O5S/c1-29(25,26)22-16-8-11-23-17(16)12-27-14-6-9-20(21,10-7-14)15-4-2-3-5-18(15)28-13-19(23)24/h2-5,14,16-17,22H,6-13,21H2,1H3/t14-,16-,17-,20-/m0/s1. The Kier molecular flexibility index (Phi) is 5.65. The Bertz CT molecular complexity index is 869. The van der Waals surface area contributed by atoms with Crippen molar-refractivity contribution < 1.29 is 22.7 Å². The van der Waals surface area contributed by atoms with Crippen molar-refractivity contribution in [1.82, 2.24) is 9.62 Å². The molecular formula is C20H29BN2O5S. The van der Waals surface area contributed by atoms with E-state index in [0.29, 0.717) is 19.6 Å². The second kappa shape index (κ2) is 7.93. The highest BCUT2D eigenvalue weighted by Crippen LogP contribution is 2.42. The number of ether oxygens (including phenoxy) is 2. The first-order valence-electron chi connectivity index (χ1n) is 10.4. The number of sulfonamides is 1. The molecule has 7 nitrogen and oxygen atoms in total. The quantitative estimate of drug-likeness (QED) is 0.700. The largest absolute Gasteiger partial charge is 0.483 e. The van der Waals surface area contributed by atoms with E-state index in [-0.39, 0.29) is 36.0 Å². The number of carbonyl (C=O) groups excluding carboxylic acids is 1. The lowest BCUT2D eigenvalue weighted by Crippen LogP contribution is -2.50. The van der Waals surface area contributed by atoms with Gasteiger partial charge in [-0.3, -0.25) is 4.79 Å². The second-order valence-corrected chi connectivity index (χ2v) is 10.6. The first-order chi connectivity index (χ1) is 13.8. The fraction of sp³-hybridized carbons (Fsp3) is 0.650. The van der Waals surface area contributed by atoms with E-state index >= 15 is 0 Å². The number of carbonyl (C=O) groups is 1. The molecule has 1 N–H and O–H groups in total. The van der Waals surface area contributed by atoms with Gasteiger partial charge >= 0.3 is 0 Å². The van der Waals surface area contributed by atoms with Crippen LogP contribution in [0.3, 0.4) is 0 Å². The molecule has 1 amide bonds. The summed E-state index contributed by atoms with van der Waals surface area (Å²) in [4.78, 5) is 14.7. The lowest BCUT2D eigenvalue weighted by molar-refractivity contribution is -0.136. The Hall–Kier alpha value is -1.58. The van der Waals surface area contributed by atoms with Gasteiger partial charge in [-0.05, 0) is 49.0 Å². The molecule has 0 aromatic heterocycles. The van der Waals surface area contributed by atoms with Crippen LogP contribution in [-0.2, 0) is 24.9 Å². The van der Waals surface area contributed by atoms with Crippen LogP contribution in [0.1, 0.15) is 37.7 Å². The Morgan fingerprint density at radius 1 is 1.21 bits per heavy atom. The Balaban J connectivity index is 1.62. The van der Waals surface area contributed by atoms with E-state index in [0.717, 1.165) is 43.3 Å². The van der Waals surface area contributed by atoms with Crippen molar-refractivity contribution in [3.63, 3.8) is 0 Å². The number of benzene rings is 1. The molecule has 1 aliphatic carbocycles. The number of nitrogens with zero attached hydrogens (tertiary/aromatic N) is 1. The van der Waals surface area contributed by atoms with Crippen LogP contribution in [0.25, 0.3) is 0 Å². The van der Waals surface area contributed by atoms with Crippen molar-refractivity contribution in [2.24, 2.45) is 0 Å². The molecule has 1 saturated carbocycles. The second-order valence-electron chi connectivity index (χ2n) is 8.82. The molecule has 1 saturated heterocycles. The SMILES string of the molecule is B[C@]12CC[C@H](CC1)OC[C@H]1[C@@H](NS(C)(=O)=O)CCN1C(=O)COc1ccccc12. The highest BCUT2D eigenvalue weighted by Gasteiger charge is 2.41. The summed E-state index contributed by atoms with van der Waals surface area (Å²) in [5, 5.41) is 0.00406. The Morgan fingerprint density at radius 3 is 2.66 bits per heavy atom. The van der Waals surface area contributed by atoms with Gasteiger partial charge in [0, 0.05) is 12.6 Å². The first-order valence-corrected chi connectivity index (χ1v) is 12.2. The monoisotopic (exact) mass is 420 g/mol. The van der Waals surface area contributed by atoms with Crippen LogP contribution in [0.15, 0.2) is 24.3 Å². The van der Waals surface area contributed by atoms with E-state index in [1.807, 2.05) is 18.2 Å². The molecular weight excluding hydrogens is 391 g/mol. The highest BCUT2D eigenvalue weighted by atomic mass is 32.2. The Morgan fingerprint density at radius 2 is 1.93 bits per heavy atom. The van der Waals surface area contributed by atoms with Gasteiger partial charge in [0.25, 0.3) is 5.91 Å². The number of para-hydroxylation sites is 1. The number of nitrogens with one attached hydrogen (secondary N) is 1. The minimum absolute atomic E-state index is 0.00406. The van der Waals surface area contributed by atoms with Crippen LogP contribution < -0.4 is 9.46 Å². The van der Waals surface area contributed by atoms with Crippen molar-refractivity contribution in [3.05, 3.63) is 29.8 Å². The van der Waals surface area contributed by atoms with Gasteiger partial charge in [-0.25, -0.2) is 13.1 Å². The summed E-state index contributed by atoms with van der Waals surface area (Å²) in [5.41, 5.74) is 1.15. The third kappa shape index (κ3) is 4.46. The van der Waals surface area contributed by atoms with E-state index in [4.69, 9.17) is 9.47 Å². The van der Waals surface area contributed by atoms with Crippen molar-refractivity contribution >= 4 is 23.8 Å². The molecule has 2 bridgehead atoms. The maximum absolute atomic E-state index is 12.9. The molecule has 2 fully saturated rings. The molecule has 3 aliphatic heterocycles. The summed E-state index contributed by atoms with van der Waals surface area (Å²) in [7, 11) is -1.10. The van der Waals surface area contributed by atoms with Crippen LogP contribution in [-0.4, -0.2) is 71.3 Å². The molecule has 3 heterocycles. The summed E-state index contributed by atoms with van der Waals surface area (Å²) in [5.74, 6) is 0.631. The molecule has 0 spiro atoms. The van der Waals surface area contributed by atoms with Gasteiger partial charge in [0.15, 0.2) is 6.61 Å². The van der Waals surface area contributed by atoms with E-state index in [2.05, 4.69) is 18.6 Å². The van der Waals surface area contributed by atoms with Gasteiger partial charge in [0.05, 0.1) is 25.0 Å². The van der Waals surface area contributed by atoms with Gasteiger partial charge < -0.3 is 14.4 Å². The summed E-state index contributed by atoms with van der Waals surface area (Å²) >= 11 is 0. The van der Waals surface area contributed by atoms with Crippen LogP contribution in [0.5, 0.6) is 5.75 Å². The van der Waals surface area contributed by atoms with Gasteiger partial charge in [0.2, 0.25) is 10.0 Å². The summed E-state index contributed by atoms with van der Waals surface area (Å²) in [6, 6.07) is 7.35. The minimum atomic E-state index is -3.37. The molecule has 5 rings (SSSR count). The number of amides is 1. The number of hydrogen-bond donors (Lipinski definition) is 1. The lowest BCUT2D eigenvalue weighted by Gasteiger charge is -2.39. The van der Waals surface area contributed by atoms with Crippen molar-refractivity contribution in [2.75, 3.05) is 26.0 Å². The zero-order valence-corrected chi connectivity index (χ0v) is 17.9. The van der Waals surface area contributed by atoms with Crippen molar-refractivity contribution in [1.29, 1.82) is 0 Å². The Labute approximate surface area is 173 Å². The van der Waals surface area contributed by atoms with Gasteiger partial charge in [-0.2, -0.15) is 0 Å². The average molecular weight is 420 g/mol. The summed E-state index contributed by atoms with van der Waals surface area (Å²) in [6.45, 7) is 0.777. The average Bonchev–Trinajstić information content (AvgIpc) is 3.06. The highest BCUT2D eigenvalue weighted by molar-refractivity contribution is 7.88. The van der Waals surface area contributed by atoms with Crippen LogP contribution in [0.2, 0.25) is 0 Å². The van der Waals surface area contributed by atoms with Crippen molar-refractivity contribution in [3.8, 4) is 5.75 Å². The molecule has 0 unspecified atom stereocenters. The maximum Gasteiger partial charge on any atom is 0.260 e. The topological polar surface area (TPSA) is 84.9 Å². The van der Waals surface area contributed by atoms with Crippen molar-refractivity contribution in [2.45, 2.75) is 55.6 Å². The normalized spacial score (nSPS) is 33.1. The molecule has 1 aromatic rings. The zero-order valence-electron chi connectivity index (χ0n) is 17.1. The summed E-state index contributed by atoms with van der Waals surface area (Å²) < 4.78 is 38.5. The fourth-order valence-electron chi connectivity index (χ4n) is 4.99. The molecule has 9 heteroatoms. The van der Waals surface area contributed by atoms with E-state index in [1.165, 1.54) is 0 Å². The molecule has 29 heavy (non-hydrogen) atoms. The predicted octanol–water partition coefficient (Wildman–Crippen LogP) is 0.385. The minimum Gasteiger partial charge on any atom is -0.483 e. The molecule has 4 aliphatic rings. The third-order valence-corrected chi connectivity index (χ3v) is 7.39. The van der Waals surface area contributed by atoms with Crippen LogP contribution in [0, 0.1) is 0 Å². The number of fused-ring (bicyclic) bond motifs is 5. The van der Waals surface area contributed by atoms with Crippen LogP contribution >= 0.6 is 0 Å². The molecule has 1 aromatic carbocycles. The van der Waals surface area contributed by atoms with E-state index in [9.17, 15) is 13.2 Å². The smallest absolute Gasteiger partial charge is 0.260 e. The predicted molar refractivity (Wildman–Crippen MR) is 112 cm³/mol. The molecule has 0 radical (unpaired) electrons.